The van der Waals surface area contributed by atoms with Gasteiger partial charge in [0.05, 0.1) is 12.0 Å². The average Bonchev–Trinajstić information content (AvgIpc) is 2.48. The number of aromatic nitrogens is 1. The Morgan fingerprint density at radius 2 is 1.95 bits per heavy atom. The second-order valence-electron chi connectivity index (χ2n) is 4.60. The summed E-state index contributed by atoms with van der Waals surface area (Å²) in [4.78, 5) is 26.8. The highest BCUT2D eigenvalue weighted by Gasteiger charge is 2.09. The van der Waals surface area contributed by atoms with Crippen molar-refractivity contribution in [3.05, 3.63) is 65.5 Å². The summed E-state index contributed by atoms with van der Waals surface area (Å²) < 4.78 is 0. The van der Waals surface area contributed by atoms with Gasteiger partial charge in [0, 0.05) is 18.9 Å². The first-order chi connectivity index (χ1) is 10.2. The van der Waals surface area contributed by atoms with Gasteiger partial charge in [-0.05, 0) is 29.7 Å². The molecule has 0 fully saturated rings. The first kappa shape index (κ1) is 14.7. The lowest BCUT2D eigenvalue weighted by atomic mass is 10.0. The summed E-state index contributed by atoms with van der Waals surface area (Å²) in [6.45, 7) is 0.406. The molecule has 108 valence electrons. The molecule has 0 saturated carbocycles. The van der Waals surface area contributed by atoms with Crippen molar-refractivity contribution < 1.29 is 14.7 Å². The molecule has 2 rings (SSSR count). The first-order valence-corrected chi connectivity index (χ1v) is 6.63. The summed E-state index contributed by atoms with van der Waals surface area (Å²) in [6, 6.07) is 10.4. The van der Waals surface area contributed by atoms with Crippen molar-refractivity contribution in [2.45, 2.75) is 12.8 Å². The lowest BCUT2D eigenvalue weighted by Gasteiger charge is -2.07. The van der Waals surface area contributed by atoms with E-state index >= 15 is 0 Å². The maximum atomic E-state index is 11.8. The zero-order valence-electron chi connectivity index (χ0n) is 11.5. The Bertz CT molecular complexity index is 626. The SMILES string of the molecule is O=C(Cc1cccnc1)NCCc1ccccc1C(=O)O. The third kappa shape index (κ3) is 4.42. The van der Waals surface area contributed by atoms with Crippen LogP contribution in [0.3, 0.4) is 0 Å². The molecule has 5 heteroatoms. The van der Waals surface area contributed by atoms with Crippen LogP contribution in [0.5, 0.6) is 0 Å². The van der Waals surface area contributed by atoms with Crippen LogP contribution in [0.4, 0.5) is 0 Å². The second-order valence-corrected chi connectivity index (χ2v) is 4.60. The zero-order chi connectivity index (χ0) is 15.1. The molecule has 0 aliphatic rings. The molecule has 0 atom stereocenters. The first-order valence-electron chi connectivity index (χ1n) is 6.63. The van der Waals surface area contributed by atoms with E-state index in [1.807, 2.05) is 6.07 Å². The van der Waals surface area contributed by atoms with Crippen molar-refractivity contribution in [1.29, 1.82) is 0 Å². The standard InChI is InChI=1S/C16H16N2O3/c19-15(10-12-4-3-8-17-11-12)18-9-7-13-5-1-2-6-14(13)16(20)21/h1-6,8,11H,7,9-10H2,(H,18,19)(H,20,21). The number of aromatic carboxylic acids is 1. The van der Waals surface area contributed by atoms with Crippen LogP contribution in [-0.2, 0) is 17.6 Å². The monoisotopic (exact) mass is 284 g/mol. The van der Waals surface area contributed by atoms with Crippen LogP contribution < -0.4 is 5.32 Å². The maximum absolute atomic E-state index is 11.8. The van der Waals surface area contributed by atoms with Crippen LogP contribution in [0.2, 0.25) is 0 Å². The summed E-state index contributed by atoms with van der Waals surface area (Å²) in [7, 11) is 0. The minimum atomic E-state index is -0.952. The number of amides is 1. The number of carboxylic acids is 1. The molecular formula is C16H16N2O3. The van der Waals surface area contributed by atoms with Crippen molar-refractivity contribution in [2.75, 3.05) is 6.54 Å². The molecule has 0 radical (unpaired) electrons. The Morgan fingerprint density at radius 3 is 2.67 bits per heavy atom. The topological polar surface area (TPSA) is 79.3 Å². The predicted molar refractivity (Wildman–Crippen MR) is 78.1 cm³/mol. The summed E-state index contributed by atoms with van der Waals surface area (Å²) in [5, 5.41) is 11.9. The van der Waals surface area contributed by atoms with Crippen LogP contribution in [0, 0.1) is 0 Å². The number of carbonyl (C=O) groups excluding carboxylic acids is 1. The molecule has 5 nitrogen and oxygen atoms in total. The Balaban J connectivity index is 1.84. The lowest BCUT2D eigenvalue weighted by Crippen LogP contribution is -2.27. The number of carbonyl (C=O) groups is 2. The van der Waals surface area contributed by atoms with Gasteiger partial charge in [0.2, 0.25) is 5.91 Å². The highest BCUT2D eigenvalue weighted by molar-refractivity contribution is 5.89. The third-order valence-electron chi connectivity index (χ3n) is 3.05. The molecule has 1 aromatic carbocycles. The van der Waals surface area contributed by atoms with E-state index < -0.39 is 5.97 Å². The molecule has 1 aromatic heterocycles. The van der Waals surface area contributed by atoms with Gasteiger partial charge in [-0.2, -0.15) is 0 Å². The smallest absolute Gasteiger partial charge is 0.335 e. The molecule has 0 aliphatic heterocycles. The van der Waals surface area contributed by atoms with E-state index in [9.17, 15) is 9.59 Å². The van der Waals surface area contributed by atoms with E-state index in [0.29, 0.717) is 18.5 Å². The van der Waals surface area contributed by atoms with E-state index in [1.165, 1.54) is 0 Å². The Kier molecular flexibility index (Phi) is 5.04. The predicted octanol–water partition coefficient (Wildman–Crippen LogP) is 1.68. The molecule has 0 aliphatic carbocycles. The molecule has 2 aromatic rings. The quantitative estimate of drug-likeness (QED) is 0.846. The molecular weight excluding hydrogens is 268 g/mol. The van der Waals surface area contributed by atoms with Gasteiger partial charge >= 0.3 is 5.97 Å². The van der Waals surface area contributed by atoms with Crippen LogP contribution >= 0.6 is 0 Å². The van der Waals surface area contributed by atoms with Gasteiger partial charge in [0.15, 0.2) is 0 Å². The fourth-order valence-electron chi connectivity index (χ4n) is 2.03. The van der Waals surface area contributed by atoms with Gasteiger partial charge in [0.25, 0.3) is 0 Å². The van der Waals surface area contributed by atoms with Crippen LogP contribution in [0.25, 0.3) is 0 Å². The van der Waals surface area contributed by atoms with Crippen LogP contribution in [-0.4, -0.2) is 28.5 Å². The highest BCUT2D eigenvalue weighted by Crippen LogP contribution is 2.09. The van der Waals surface area contributed by atoms with Gasteiger partial charge in [0.1, 0.15) is 0 Å². The van der Waals surface area contributed by atoms with E-state index in [2.05, 4.69) is 10.3 Å². The fourth-order valence-corrected chi connectivity index (χ4v) is 2.03. The van der Waals surface area contributed by atoms with Crippen LogP contribution in [0.1, 0.15) is 21.5 Å². The Morgan fingerprint density at radius 1 is 1.14 bits per heavy atom. The average molecular weight is 284 g/mol. The summed E-state index contributed by atoms with van der Waals surface area (Å²) in [5.74, 6) is -1.05. The van der Waals surface area contributed by atoms with Crippen LogP contribution in [0.15, 0.2) is 48.8 Å². The van der Waals surface area contributed by atoms with Crippen molar-refractivity contribution >= 4 is 11.9 Å². The van der Waals surface area contributed by atoms with E-state index in [-0.39, 0.29) is 17.9 Å². The molecule has 0 unspecified atom stereocenters. The highest BCUT2D eigenvalue weighted by atomic mass is 16.4. The normalized spacial score (nSPS) is 10.1. The summed E-state index contributed by atoms with van der Waals surface area (Å²) in [6.07, 6.45) is 4.07. The molecule has 0 spiro atoms. The fraction of sp³-hybridized carbons (Fsp3) is 0.188. The Labute approximate surface area is 122 Å². The number of rotatable bonds is 6. The number of hydrogen-bond acceptors (Lipinski definition) is 3. The molecule has 0 bridgehead atoms. The number of benzene rings is 1. The summed E-state index contributed by atoms with van der Waals surface area (Å²) in [5.41, 5.74) is 1.84. The number of hydrogen-bond donors (Lipinski definition) is 2. The molecule has 2 N–H and O–H groups in total. The van der Waals surface area contributed by atoms with Crippen molar-refractivity contribution in [2.24, 2.45) is 0 Å². The second kappa shape index (κ2) is 7.19. The molecule has 0 saturated heterocycles. The Hall–Kier alpha value is -2.69. The zero-order valence-corrected chi connectivity index (χ0v) is 11.5. The van der Waals surface area contributed by atoms with Crippen molar-refractivity contribution in [1.82, 2.24) is 10.3 Å². The maximum Gasteiger partial charge on any atom is 0.335 e. The lowest BCUT2D eigenvalue weighted by molar-refractivity contribution is -0.120. The number of carboxylic acid groups (broad SMARTS) is 1. The molecule has 21 heavy (non-hydrogen) atoms. The van der Waals surface area contributed by atoms with Crippen molar-refractivity contribution in [3.8, 4) is 0 Å². The minimum Gasteiger partial charge on any atom is -0.478 e. The third-order valence-corrected chi connectivity index (χ3v) is 3.05. The van der Waals surface area contributed by atoms with Gasteiger partial charge in [-0.1, -0.05) is 24.3 Å². The largest absolute Gasteiger partial charge is 0.478 e. The summed E-state index contributed by atoms with van der Waals surface area (Å²) >= 11 is 0. The van der Waals surface area contributed by atoms with E-state index in [4.69, 9.17) is 5.11 Å². The minimum absolute atomic E-state index is 0.101. The van der Waals surface area contributed by atoms with Gasteiger partial charge < -0.3 is 10.4 Å². The van der Waals surface area contributed by atoms with Gasteiger partial charge in [-0.25, -0.2) is 4.79 Å². The van der Waals surface area contributed by atoms with Gasteiger partial charge in [-0.3, -0.25) is 9.78 Å². The number of pyridine rings is 1. The molecule has 1 amide bonds. The van der Waals surface area contributed by atoms with Crippen molar-refractivity contribution in [3.63, 3.8) is 0 Å². The van der Waals surface area contributed by atoms with Gasteiger partial charge in [-0.15, -0.1) is 0 Å². The number of nitrogens with zero attached hydrogens (tertiary/aromatic N) is 1. The van der Waals surface area contributed by atoms with E-state index in [0.717, 1.165) is 5.56 Å². The number of nitrogens with one attached hydrogen (secondary N) is 1. The molecule has 1 heterocycles. The van der Waals surface area contributed by atoms with E-state index in [1.54, 1.807) is 42.7 Å².